The first-order valence-electron chi connectivity index (χ1n) is 6.81. The van der Waals surface area contributed by atoms with Gasteiger partial charge in [-0.3, -0.25) is 4.79 Å². The van der Waals surface area contributed by atoms with E-state index >= 15 is 0 Å². The number of carbonyl (C=O) groups excluding carboxylic acids is 1. The summed E-state index contributed by atoms with van der Waals surface area (Å²) in [5.74, 6) is -0.484. The molecule has 3 rings (SSSR count). The van der Waals surface area contributed by atoms with Gasteiger partial charge in [-0.15, -0.1) is 11.3 Å². The molecule has 1 heterocycles. The number of hydrogen-bond donors (Lipinski definition) is 2. The van der Waals surface area contributed by atoms with Crippen molar-refractivity contribution in [1.82, 2.24) is 5.32 Å². The topological polar surface area (TPSA) is 49.3 Å². The predicted octanol–water partition coefficient (Wildman–Crippen LogP) is 3.07. The minimum absolute atomic E-state index is 0.168. The van der Waals surface area contributed by atoms with E-state index in [1.807, 2.05) is 0 Å². The molecule has 1 aromatic carbocycles. The standard InChI is InChI=1S/C15H16FNO2S/c16-10-5-6-13-9(7-10)8-14(20-13)15(19)17-11-3-1-2-4-12(11)18/h5-8,11-12,18H,1-4H2,(H,17,19). The molecule has 1 aliphatic carbocycles. The highest BCUT2D eigenvalue weighted by atomic mass is 32.1. The van der Waals surface area contributed by atoms with Gasteiger partial charge in [-0.25, -0.2) is 4.39 Å². The van der Waals surface area contributed by atoms with E-state index in [0.29, 0.717) is 4.88 Å². The molecule has 0 bridgehead atoms. The van der Waals surface area contributed by atoms with Gasteiger partial charge in [-0.2, -0.15) is 0 Å². The predicted molar refractivity (Wildman–Crippen MR) is 77.5 cm³/mol. The lowest BCUT2D eigenvalue weighted by Gasteiger charge is -2.28. The molecule has 1 aliphatic rings. The summed E-state index contributed by atoms with van der Waals surface area (Å²) in [6, 6.07) is 6.04. The van der Waals surface area contributed by atoms with Gasteiger partial charge in [-0.05, 0) is 42.5 Å². The zero-order chi connectivity index (χ0) is 14.1. The Hall–Kier alpha value is -1.46. The zero-order valence-corrected chi connectivity index (χ0v) is 11.8. The molecule has 0 saturated heterocycles. The Morgan fingerprint density at radius 2 is 2.10 bits per heavy atom. The molecule has 3 nitrogen and oxygen atoms in total. The molecule has 2 N–H and O–H groups in total. The Kier molecular flexibility index (Phi) is 3.72. The van der Waals surface area contributed by atoms with Gasteiger partial charge in [-0.1, -0.05) is 12.8 Å². The summed E-state index contributed by atoms with van der Waals surface area (Å²) in [4.78, 5) is 12.8. The van der Waals surface area contributed by atoms with Crippen LogP contribution in [0.3, 0.4) is 0 Å². The quantitative estimate of drug-likeness (QED) is 0.894. The molecular formula is C15H16FNO2S. The van der Waals surface area contributed by atoms with Gasteiger partial charge in [0.15, 0.2) is 0 Å². The molecule has 2 atom stereocenters. The number of thiophene rings is 1. The number of aliphatic hydroxyl groups excluding tert-OH is 1. The Balaban J connectivity index is 1.78. The van der Waals surface area contributed by atoms with Gasteiger partial charge >= 0.3 is 0 Å². The highest BCUT2D eigenvalue weighted by Crippen LogP contribution is 2.27. The molecule has 0 radical (unpaired) electrons. The van der Waals surface area contributed by atoms with Crippen molar-refractivity contribution >= 4 is 27.3 Å². The number of fused-ring (bicyclic) bond motifs is 1. The van der Waals surface area contributed by atoms with E-state index in [0.717, 1.165) is 35.8 Å². The van der Waals surface area contributed by atoms with E-state index in [2.05, 4.69) is 5.32 Å². The van der Waals surface area contributed by atoms with Crippen LogP contribution in [0.2, 0.25) is 0 Å². The molecule has 1 saturated carbocycles. The third-order valence-corrected chi connectivity index (χ3v) is 4.86. The highest BCUT2D eigenvalue weighted by Gasteiger charge is 2.25. The lowest BCUT2D eigenvalue weighted by Crippen LogP contribution is -2.44. The van der Waals surface area contributed by atoms with Crippen LogP contribution in [0, 0.1) is 5.82 Å². The van der Waals surface area contributed by atoms with Crippen molar-refractivity contribution in [3.63, 3.8) is 0 Å². The largest absolute Gasteiger partial charge is 0.391 e. The molecule has 20 heavy (non-hydrogen) atoms. The normalized spacial score (nSPS) is 22.9. The van der Waals surface area contributed by atoms with Crippen molar-refractivity contribution < 1.29 is 14.3 Å². The van der Waals surface area contributed by atoms with Crippen LogP contribution < -0.4 is 5.32 Å². The molecule has 0 spiro atoms. The fourth-order valence-electron chi connectivity index (χ4n) is 2.65. The highest BCUT2D eigenvalue weighted by molar-refractivity contribution is 7.20. The lowest BCUT2D eigenvalue weighted by molar-refractivity contribution is 0.0720. The summed E-state index contributed by atoms with van der Waals surface area (Å²) in [7, 11) is 0. The van der Waals surface area contributed by atoms with Gasteiger partial charge in [0.25, 0.3) is 5.91 Å². The Morgan fingerprint density at radius 1 is 1.30 bits per heavy atom. The Bertz CT molecular complexity index is 640. The number of nitrogens with one attached hydrogen (secondary N) is 1. The van der Waals surface area contributed by atoms with Crippen LogP contribution >= 0.6 is 11.3 Å². The second-order valence-corrected chi connectivity index (χ2v) is 6.31. The fourth-order valence-corrected chi connectivity index (χ4v) is 3.59. The average Bonchev–Trinajstić information content (AvgIpc) is 2.84. The van der Waals surface area contributed by atoms with Crippen molar-refractivity contribution in [3.8, 4) is 0 Å². The summed E-state index contributed by atoms with van der Waals surface area (Å²) in [6.45, 7) is 0. The zero-order valence-electron chi connectivity index (χ0n) is 10.9. The molecule has 2 unspecified atom stereocenters. The van der Waals surface area contributed by atoms with Crippen LogP contribution in [-0.2, 0) is 0 Å². The number of rotatable bonds is 2. The molecular weight excluding hydrogens is 277 g/mol. The van der Waals surface area contributed by atoms with Gasteiger partial charge in [0.1, 0.15) is 5.82 Å². The van der Waals surface area contributed by atoms with E-state index < -0.39 is 6.10 Å². The number of carbonyl (C=O) groups is 1. The first kappa shape index (κ1) is 13.5. The molecule has 1 aromatic heterocycles. The second-order valence-electron chi connectivity index (χ2n) is 5.22. The van der Waals surface area contributed by atoms with Crippen molar-refractivity contribution in [1.29, 1.82) is 0 Å². The van der Waals surface area contributed by atoms with Crippen LogP contribution in [0.4, 0.5) is 4.39 Å². The number of aliphatic hydroxyl groups is 1. The van der Waals surface area contributed by atoms with E-state index in [1.54, 1.807) is 12.1 Å². The van der Waals surface area contributed by atoms with Gasteiger partial charge in [0.05, 0.1) is 17.0 Å². The van der Waals surface area contributed by atoms with Crippen molar-refractivity contribution in [2.75, 3.05) is 0 Å². The number of halogens is 1. The first-order chi connectivity index (χ1) is 9.63. The van der Waals surface area contributed by atoms with Crippen molar-refractivity contribution in [3.05, 3.63) is 35.0 Å². The van der Waals surface area contributed by atoms with Gasteiger partial charge < -0.3 is 10.4 Å². The summed E-state index contributed by atoms with van der Waals surface area (Å²) in [6.07, 6.45) is 3.13. The summed E-state index contributed by atoms with van der Waals surface area (Å²) in [5.41, 5.74) is 0. The summed E-state index contributed by atoms with van der Waals surface area (Å²) < 4.78 is 14.0. The molecule has 1 fully saturated rings. The van der Waals surface area contributed by atoms with Gasteiger partial charge in [0, 0.05) is 4.70 Å². The van der Waals surface area contributed by atoms with Crippen molar-refractivity contribution in [2.24, 2.45) is 0 Å². The molecule has 0 aliphatic heterocycles. The molecule has 5 heteroatoms. The van der Waals surface area contributed by atoms with Crippen LogP contribution in [0.1, 0.15) is 35.4 Å². The molecule has 106 valence electrons. The third-order valence-electron chi connectivity index (χ3n) is 3.75. The lowest BCUT2D eigenvalue weighted by atomic mass is 9.92. The van der Waals surface area contributed by atoms with E-state index in [1.165, 1.54) is 23.5 Å². The summed E-state index contributed by atoms with van der Waals surface area (Å²) in [5, 5.41) is 13.5. The molecule has 1 amide bonds. The number of hydrogen-bond acceptors (Lipinski definition) is 3. The van der Waals surface area contributed by atoms with Crippen molar-refractivity contribution in [2.45, 2.75) is 37.8 Å². The fraction of sp³-hybridized carbons (Fsp3) is 0.400. The number of amides is 1. The Labute approximate surface area is 120 Å². The maximum atomic E-state index is 13.1. The van der Waals surface area contributed by atoms with Crippen LogP contribution in [0.5, 0.6) is 0 Å². The SMILES string of the molecule is O=C(NC1CCCCC1O)c1cc2cc(F)ccc2s1. The maximum Gasteiger partial charge on any atom is 0.261 e. The van der Waals surface area contributed by atoms with Crippen LogP contribution in [0.15, 0.2) is 24.3 Å². The van der Waals surface area contributed by atoms with Crippen LogP contribution in [0.25, 0.3) is 10.1 Å². The van der Waals surface area contributed by atoms with Gasteiger partial charge in [0.2, 0.25) is 0 Å². The number of benzene rings is 1. The van der Waals surface area contributed by atoms with E-state index in [4.69, 9.17) is 0 Å². The van der Waals surface area contributed by atoms with E-state index in [-0.39, 0.29) is 17.8 Å². The average molecular weight is 293 g/mol. The first-order valence-corrected chi connectivity index (χ1v) is 7.63. The summed E-state index contributed by atoms with van der Waals surface area (Å²) >= 11 is 1.34. The Morgan fingerprint density at radius 3 is 2.90 bits per heavy atom. The molecule has 2 aromatic rings. The van der Waals surface area contributed by atoms with E-state index in [9.17, 15) is 14.3 Å². The maximum absolute atomic E-state index is 13.1. The monoisotopic (exact) mass is 293 g/mol. The van der Waals surface area contributed by atoms with Crippen LogP contribution in [-0.4, -0.2) is 23.2 Å². The minimum atomic E-state index is -0.459. The minimum Gasteiger partial charge on any atom is -0.391 e. The second kappa shape index (κ2) is 5.50. The smallest absolute Gasteiger partial charge is 0.261 e. The third kappa shape index (κ3) is 2.69.